The van der Waals surface area contributed by atoms with Crippen LogP contribution in [0.3, 0.4) is 0 Å². The average molecular weight is 477 g/mol. The molecule has 5 rings (SSSR count). The van der Waals surface area contributed by atoms with Gasteiger partial charge < -0.3 is 24.3 Å². The molecule has 1 N–H and O–H groups in total. The molecular formula is C27H32N4O4. The highest BCUT2D eigenvalue weighted by atomic mass is 16.5. The first-order chi connectivity index (χ1) is 17.1. The number of morpholine rings is 1. The van der Waals surface area contributed by atoms with Gasteiger partial charge in [-0.1, -0.05) is 30.3 Å². The number of para-hydroxylation sites is 1. The molecule has 2 aliphatic heterocycles. The molecule has 0 aliphatic carbocycles. The van der Waals surface area contributed by atoms with Gasteiger partial charge in [0.1, 0.15) is 18.0 Å². The van der Waals surface area contributed by atoms with Gasteiger partial charge in [-0.25, -0.2) is 0 Å². The molecule has 0 radical (unpaired) electrons. The minimum Gasteiger partial charge on any atom is -0.497 e. The van der Waals surface area contributed by atoms with Crippen LogP contribution in [0, 0.1) is 0 Å². The summed E-state index contributed by atoms with van der Waals surface area (Å²) >= 11 is 0. The number of aryl methyl sites for hydroxylation is 1. The van der Waals surface area contributed by atoms with E-state index in [-0.39, 0.29) is 24.4 Å². The van der Waals surface area contributed by atoms with E-state index in [1.165, 1.54) is 0 Å². The number of aromatic nitrogens is 1. The Morgan fingerprint density at radius 2 is 1.86 bits per heavy atom. The van der Waals surface area contributed by atoms with Gasteiger partial charge in [-0.15, -0.1) is 0 Å². The van der Waals surface area contributed by atoms with Gasteiger partial charge >= 0.3 is 0 Å². The quantitative estimate of drug-likeness (QED) is 0.506. The molecule has 0 saturated carbocycles. The fourth-order valence-electron chi connectivity index (χ4n) is 5.23. The van der Waals surface area contributed by atoms with Crippen LogP contribution in [-0.4, -0.2) is 79.2 Å². The van der Waals surface area contributed by atoms with Crippen LogP contribution in [-0.2, 0) is 16.6 Å². The van der Waals surface area contributed by atoms with Gasteiger partial charge in [-0.05, 0) is 36.7 Å². The van der Waals surface area contributed by atoms with Crippen molar-refractivity contribution >= 4 is 22.7 Å². The van der Waals surface area contributed by atoms with Crippen molar-refractivity contribution in [3.05, 3.63) is 65.4 Å². The second kappa shape index (κ2) is 10.1. The molecule has 8 heteroatoms. The Morgan fingerprint density at radius 3 is 2.60 bits per heavy atom. The zero-order valence-corrected chi connectivity index (χ0v) is 20.3. The lowest BCUT2D eigenvalue weighted by molar-refractivity contribution is -0.122. The van der Waals surface area contributed by atoms with E-state index in [2.05, 4.69) is 10.2 Å². The van der Waals surface area contributed by atoms with Gasteiger partial charge in [0.05, 0.1) is 26.4 Å². The predicted octanol–water partition coefficient (Wildman–Crippen LogP) is 2.57. The monoisotopic (exact) mass is 476 g/mol. The predicted molar refractivity (Wildman–Crippen MR) is 134 cm³/mol. The number of hydrogen-bond donors (Lipinski definition) is 1. The van der Waals surface area contributed by atoms with Crippen molar-refractivity contribution in [1.29, 1.82) is 0 Å². The number of benzene rings is 2. The van der Waals surface area contributed by atoms with Crippen LogP contribution in [0.1, 0.15) is 34.1 Å². The largest absolute Gasteiger partial charge is 0.497 e. The van der Waals surface area contributed by atoms with Crippen LogP contribution in [0.2, 0.25) is 0 Å². The highest BCUT2D eigenvalue weighted by Crippen LogP contribution is 2.43. The molecule has 0 bridgehead atoms. The molecule has 8 nitrogen and oxygen atoms in total. The maximum atomic E-state index is 13.6. The van der Waals surface area contributed by atoms with Gasteiger partial charge in [0.15, 0.2) is 0 Å². The number of nitrogens with one attached hydrogen (secondary N) is 1. The zero-order chi connectivity index (χ0) is 24.4. The van der Waals surface area contributed by atoms with Gasteiger partial charge in [0.2, 0.25) is 5.91 Å². The Morgan fingerprint density at radius 1 is 1.11 bits per heavy atom. The van der Waals surface area contributed by atoms with Crippen LogP contribution in [0.5, 0.6) is 5.75 Å². The van der Waals surface area contributed by atoms with E-state index in [0.717, 1.165) is 67.0 Å². The lowest BCUT2D eigenvalue weighted by Crippen LogP contribution is -2.41. The summed E-state index contributed by atoms with van der Waals surface area (Å²) in [5.41, 5.74) is 3.57. The first kappa shape index (κ1) is 23.4. The van der Waals surface area contributed by atoms with E-state index >= 15 is 0 Å². The molecule has 184 valence electrons. The smallest absolute Gasteiger partial charge is 0.272 e. The van der Waals surface area contributed by atoms with E-state index in [1.807, 2.05) is 60.1 Å². The first-order valence-electron chi connectivity index (χ1n) is 12.2. The summed E-state index contributed by atoms with van der Waals surface area (Å²) in [4.78, 5) is 30.6. The van der Waals surface area contributed by atoms with Crippen LogP contribution < -0.4 is 10.1 Å². The summed E-state index contributed by atoms with van der Waals surface area (Å²) in [6.45, 7) is 4.93. The van der Waals surface area contributed by atoms with Crippen LogP contribution >= 0.6 is 0 Å². The first-order valence-corrected chi connectivity index (χ1v) is 12.2. The second-order valence-corrected chi connectivity index (χ2v) is 9.10. The molecule has 1 atom stereocenters. The minimum atomic E-state index is -0.339. The van der Waals surface area contributed by atoms with Gasteiger partial charge in [-0.2, -0.15) is 0 Å². The van der Waals surface area contributed by atoms with Gasteiger partial charge in [-0.3, -0.25) is 14.5 Å². The maximum Gasteiger partial charge on any atom is 0.272 e. The van der Waals surface area contributed by atoms with E-state index < -0.39 is 0 Å². The van der Waals surface area contributed by atoms with Crippen LogP contribution in [0.15, 0.2) is 48.5 Å². The summed E-state index contributed by atoms with van der Waals surface area (Å²) in [5, 5.41) is 4.05. The van der Waals surface area contributed by atoms with Crippen LogP contribution in [0.4, 0.5) is 0 Å². The Labute approximate surface area is 205 Å². The third-order valence-corrected chi connectivity index (χ3v) is 7.02. The third-order valence-electron chi connectivity index (χ3n) is 7.02. The fraction of sp³-hybridized carbons (Fsp3) is 0.407. The number of carbonyl (C=O) groups excluding carboxylic acids is 2. The Kier molecular flexibility index (Phi) is 6.74. The van der Waals surface area contributed by atoms with Crippen molar-refractivity contribution in [3.8, 4) is 5.75 Å². The number of ether oxygens (including phenoxy) is 2. The molecule has 1 fully saturated rings. The summed E-state index contributed by atoms with van der Waals surface area (Å²) in [6.07, 6.45) is 0.868. The maximum absolute atomic E-state index is 13.6. The van der Waals surface area contributed by atoms with Gasteiger partial charge in [0.25, 0.3) is 5.91 Å². The topological polar surface area (TPSA) is 76.0 Å². The zero-order valence-electron chi connectivity index (χ0n) is 20.3. The SMILES string of the molecule is COc1ccc(C2c3c(n(C)c4ccccc34)C(=O)N2CC(=O)NCCCN2CCOCC2)cc1. The summed E-state index contributed by atoms with van der Waals surface area (Å²) in [6, 6.07) is 15.4. The van der Waals surface area contributed by atoms with Crippen molar-refractivity contribution in [2.45, 2.75) is 12.5 Å². The van der Waals surface area contributed by atoms with Gasteiger partial charge in [0, 0.05) is 43.1 Å². The highest BCUT2D eigenvalue weighted by Gasteiger charge is 2.42. The number of methoxy groups -OCH3 is 1. The van der Waals surface area contributed by atoms with E-state index in [1.54, 1.807) is 12.0 Å². The number of amides is 2. The lowest BCUT2D eigenvalue weighted by atomic mass is 9.98. The molecule has 0 spiro atoms. The van der Waals surface area contributed by atoms with E-state index in [4.69, 9.17) is 9.47 Å². The van der Waals surface area contributed by atoms with Crippen molar-refractivity contribution in [2.75, 3.05) is 53.0 Å². The Bertz CT molecular complexity index is 1210. The van der Waals surface area contributed by atoms with Crippen molar-refractivity contribution in [2.24, 2.45) is 7.05 Å². The van der Waals surface area contributed by atoms with E-state index in [9.17, 15) is 9.59 Å². The third kappa shape index (κ3) is 4.51. The summed E-state index contributed by atoms with van der Waals surface area (Å²) in [5.74, 6) is 0.486. The lowest BCUT2D eigenvalue weighted by Gasteiger charge is -2.27. The minimum absolute atomic E-state index is 0.0100. The molecule has 3 aromatic rings. The molecule has 35 heavy (non-hydrogen) atoms. The summed E-state index contributed by atoms with van der Waals surface area (Å²) in [7, 11) is 3.55. The highest BCUT2D eigenvalue weighted by molar-refractivity contribution is 6.07. The Balaban J connectivity index is 1.36. The summed E-state index contributed by atoms with van der Waals surface area (Å²) < 4.78 is 12.7. The van der Waals surface area contributed by atoms with Crippen LogP contribution in [0.25, 0.3) is 10.9 Å². The molecule has 2 amide bonds. The standard InChI is InChI=1S/C27H32N4O4/c1-29-22-7-4-3-6-21(22)24-25(19-8-10-20(34-2)11-9-19)31(27(33)26(24)29)18-23(32)28-12-5-13-30-14-16-35-17-15-30/h3-4,6-11,25H,5,12-18H2,1-2H3,(H,28,32). The molecule has 2 aliphatic rings. The van der Waals surface area contributed by atoms with E-state index in [0.29, 0.717) is 12.2 Å². The normalized spacial score (nSPS) is 18.2. The average Bonchev–Trinajstić information content (AvgIpc) is 3.34. The molecule has 1 saturated heterocycles. The Hall–Kier alpha value is -3.36. The number of nitrogens with zero attached hydrogens (tertiary/aromatic N) is 3. The molecule has 1 aromatic heterocycles. The molecular weight excluding hydrogens is 444 g/mol. The van der Waals surface area contributed by atoms with Crippen molar-refractivity contribution < 1.29 is 19.1 Å². The number of hydrogen-bond acceptors (Lipinski definition) is 5. The molecule has 2 aromatic carbocycles. The number of rotatable bonds is 8. The van der Waals surface area contributed by atoms with Crippen molar-refractivity contribution in [3.63, 3.8) is 0 Å². The fourth-order valence-corrected chi connectivity index (χ4v) is 5.23. The second-order valence-electron chi connectivity index (χ2n) is 9.10. The number of carbonyl (C=O) groups is 2. The number of fused-ring (bicyclic) bond motifs is 3. The molecule has 1 unspecified atom stereocenters. The molecule has 3 heterocycles. The van der Waals surface area contributed by atoms with Crippen molar-refractivity contribution in [1.82, 2.24) is 19.7 Å².